The molecule has 2 aromatic rings. The van der Waals surface area contributed by atoms with Crippen molar-refractivity contribution < 1.29 is 0 Å². The van der Waals surface area contributed by atoms with E-state index in [2.05, 4.69) is 44.5 Å². The minimum Gasteiger partial charge on any atom is -0.368 e. The van der Waals surface area contributed by atoms with Crippen molar-refractivity contribution >= 4 is 11.9 Å². The lowest BCUT2D eigenvalue weighted by atomic mass is 9.88. The van der Waals surface area contributed by atoms with Gasteiger partial charge in [0.2, 0.25) is 11.9 Å². The van der Waals surface area contributed by atoms with Gasteiger partial charge < -0.3 is 11.1 Å². The van der Waals surface area contributed by atoms with Gasteiger partial charge in [0.05, 0.1) is 6.04 Å². The highest BCUT2D eigenvalue weighted by Gasteiger charge is 2.20. The molecule has 104 valence electrons. The Kier molecular flexibility index (Phi) is 3.50. The zero-order valence-corrected chi connectivity index (χ0v) is 11.6. The molecular weight excluding hydrogens is 250 g/mol. The Labute approximate surface area is 118 Å². The van der Waals surface area contributed by atoms with Gasteiger partial charge in [-0.05, 0) is 30.4 Å². The summed E-state index contributed by atoms with van der Waals surface area (Å²) in [5.74, 6) is 1.59. The highest BCUT2D eigenvalue weighted by atomic mass is 15.2. The summed E-state index contributed by atoms with van der Waals surface area (Å²) < 4.78 is 0. The van der Waals surface area contributed by atoms with E-state index >= 15 is 0 Å². The minimum absolute atomic E-state index is 0.256. The summed E-state index contributed by atoms with van der Waals surface area (Å²) in [6.07, 6.45) is 4.16. The van der Waals surface area contributed by atoms with Crippen molar-refractivity contribution in [3.8, 4) is 0 Å². The highest BCUT2D eigenvalue weighted by molar-refractivity contribution is 5.40. The Balaban J connectivity index is 1.87. The molecule has 1 unspecified atom stereocenters. The standard InChI is InChI=1S/C15H19N5/c1-2-13-18-14(16)20-15(19-13)17-12-9-5-7-10-6-3-4-8-11(10)12/h3-4,6,8,12H,2,5,7,9H2,1H3,(H3,16,17,18,19,20). The van der Waals surface area contributed by atoms with Crippen LogP contribution in [-0.4, -0.2) is 15.0 Å². The summed E-state index contributed by atoms with van der Waals surface area (Å²) >= 11 is 0. The predicted octanol–water partition coefficient (Wildman–Crippen LogP) is 2.51. The first-order valence-corrected chi connectivity index (χ1v) is 7.11. The second-order valence-corrected chi connectivity index (χ2v) is 5.07. The van der Waals surface area contributed by atoms with Crippen LogP contribution in [0.3, 0.4) is 0 Å². The molecule has 5 heteroatoms. The van der Waals surface area contributed by atoms with Gasteiger partial charge >= 0.3 is 0 Å². The Bertz CT molecular complexity index is 611. The van der Waals surface area contributed by atoms with Crippen molar-refractivity contribution in [1.82, 2.24) is 15.0 Å². The van der Waals surface area contributed by atoms with Crippen LogP contribution in [0.1, 0.15) is 42.8 Å². The van der Waals surface area contributed by atoms with Crippen LogP contribution in [-0.2, 0) is 12.8 Å². The maximum atomic E-state index is 5.73. The van der Waals surface area contributed by atoms with Crippen LogP contribution in [0.5, 0.6) is 0 Å². The number of aryl methyl sites for hydroxylation is 2. The van der Waals surface area contributed by atoms with Gasteiger partial charge in [0.25, 0.3) is 0 Å². The molecule has 0 fully saturated rings. The van der Waals surface area contributed by atoms with E-state index in [1.165, 1.54) is 17.5 Å². The molecule has 0 bridgehead atoms. The van der Waals surface area contributed by atoms with E-state index < -0.39 is 0 Å². The fourth-order valence-corrected chi connectivity index (χ4v) is 2.72. The molecule has 1 aromatic carbocycles. The largest absolute Gasteiger partial charge is 0.368 e. The average molecular weight is 269 g/mol. The molecule has 1 heterocycles. The fourth-order valence-electron chi connectivity index (χ4n) is 2.72. The number of aromatic nitrogens is 3. The first-order valence-electron chi connectivity index (χ1n) is 7.11. The van der Waals surface area contributed by atoms with Crippen molar-refractivity contribution in [1.29, 1.82) is 0 Å². The second kappa shape index (κ2) is 5.45. The molecule has 1 atom stereocenters. The number of hydrogen-bond donors (Lipinski definition) is 2. The highest BCUT2D eigenvalue weighted by Crippen LogP contribution is 2.31. The Hall–Kier alpha value is -2.17. The molecule has 0 radical (unpaired) electrons. The van der Waals surface area contributed by atoms with Gasteiger partial charge in [0, 0.05) is 6.42 Å². The van der Waals surface area contributed by atoms with Gasteiger partial charge in [-0.2, -0.15) is 15.0 Å². The van der Waals surface area contributed by atoms with E-state index in [4.69, 9.17) is 5.73 Å². The van der Waals surface area contributed by atoms with Crippen LogP contribution < -0.4 is 11.1 Å². The number of nitrogens with two attached hydrogens (primary N) is 1. The number of hydrogen-bond acceptors (Lipinski definition) is 5. The molecule has 1 aliphatic rings. The van der Waals surface area contributed by atoms with Crippen molar-refractivity contribution in [3.63, 3.8) is 0 Å². The summed E-state index contributed by atoms with van der Waals surface area (Å²) in [4.78, 5) is 12.7. The van der Waals surface area contributed by atoms with Crippen LogP contribution in [0.15, 0.2) is 24.3 Å². The fraction of sp³-hybridized carbons (Fsp3) is 0.400. The molecule has 3 rings (SSSR count). The number of nitrogens with zero attached hydrogens (tertiary/aromatic N) is 3. The van der Waals surface area contributed by atoms with Gasteiger partial charge in [0.1, 0.15) is 5.82 Å². The molecule has 0 aliphatic heterocycles. The monoisotopic (exact) mass is 269 g/mol. The normalized spacial score (nSPS) is 17.6. The zero-order chi connectivity index (χ0) is 13.9. The number of nitrogens with one attached hydrogen (secondary N) is 1. The van der Waals surface area contributed by atoms with Crippen LogP contribution in [0.25, 0.3) is 0 Å². The van der Waals surface area contributed by atoms with Gasteiger partial charge in [-0.15, -0.1) is 0 Å². The predicted molar refractivity (Wildman–Crippen MR) is 79.4 cm³/mol. The number of anilines is 2. The maximum Gasteiger partial charge on any atom is 0.228 e. The van der Waals surface area contributed by atoms with Crippen molar-refractivity contribution in [3.05, 3.63) is 41.2 Å². The molecule has 5 nitrogen and oxygen atoms in total. The Morgan fingerprint density at radius 1 is 1.25 bits per heavy atom. The third-order valence-electron chi connectivity index (χ3n) is 3.69. The zero-order valence-electron chi connectivity index (χ0n) is 11.6. The van der Waals surface area contributed by atoms with E-state index in [9.17, 15) is 0 Å². The lowest BCUT2D eigenvalue weighted by molar-refractivity contribution is 0.595. The lowest BCUT2D eigenvalue weighted by Crippen LogP contribution is -2.19. The molecule has 1 aromatic heterocycles. The smallest absolute Gasteiger partial charge is 0.228 e. The second-order valence-electron chi connectivity index (χ2n) is 5.07. The first kappa shape index (κ1) is 12.8. The van der Waals surface area contributed by atoms with Gasteiger partial charge in [-0.1, -0.05) is 31.2 Å². The number of rotatable bonds is 3. The maximum absolute atomic E-state index is 5.73. The summed E-state index contributed by atoms with van der Waals surface area (Å²) in [6.45, 7) is 2.01. The van der Waals surface area contributed by atoms with E-state index in [0.29, 0.717) is 5.95 Å². The molecule has 0 saturated carbocycles. The van der Waals surface area contributed by atoms with E-state index in [1.54, 1.807) is 0 Å². The molecule has 0 saturated heterocycles. The van der Waals surface area contributed by atoms with Crippen molar-refractivity contribution in [2.75, 3.05) is 11.1 Å². The number of nitrogen functional groups attached to an aromatic ring is 1. The lowest BCUT2D eigenvalue weighted by Gasteiger charge is -2.26. The quantitative estimate of drug-likeness (QED) is 0.895. The van der Waals surface area contributed by atoms with Crippen LogP contribution >= 0.6 is 0 Å². The average Bonchev–Trinajstić information content (AvgIpc) is 2.47. The van der Waals surface area contributed by atoms with Gasteiger partial charge in [-0.3, -0.25) is 0 Å². The van der Waals surface area contributed by atoms with E-state index in [0.717, 1.165) is 25.1 Å². The van der Waals surface area contributed by atoms with Crippen molar-refractivity contribution in [2.24, 2.45) is 0 Å². The van der Waals surface area contributed by atoms with Crippen LogP contribution in [0.2, 0.25) is 0 Å². The van der Waals surface area contributed by atoms with Crippen molar-refractivity contribution in [2.45, 2.75) is 38.6 Å². The molecule has 1 aliphatic carbocycles. The van der Waals surface area contributed by atoms with Gasteiger partial charge in [-0.25, -0.2) is 0 Å². The van der Waals surface area contributed by atoms with E-state index in [1.807, 2.05) is 6.92 Å². The van der Waals surface area contributed by atoms with E-state index in [-0.39, 0.29) is 12.0 Å². The molecule has 3 N–H and O–H groups in total. The first-order chi connectivity index (χ1) is 9.76. The Morgan fingerprint density at radius 2 is 2.10 bits per heavy atom. The van der Waals surface area contributed by atoms with Gasteiger partial charge in [0.15, 0.2) is 0 Å². The SMILES string of the molecule is CCc1nc(N)nc(NC2CCCc3ccccc32)n1. The summed E-state index contributed by atoms with van der Waals surface area (Å²) in [5.41, 5.74) is 8.49. The third kappa shape index (κ3) is 2.57. The number of benzene rings is 1. The summed E-state index contributed by atoms with van der Waals surface area (Å²) in [5, 5.41) is 3.41. The van der Waals surface area contributed by atoms with Crippen LogP contribution in [0.4, 0.5) is 11.9 Å². The third-order valence-corrected chi connectivity index (χ3v) is 3.69. The summed E-state index contributed by atoms with van der Waals surface area (Å²) in [6, 6.07) is 8.81. The number of fused-ring (bicyclic) bond motifs is 1. The molecule has 0 spiro atoms. The summed E-state index contributed by atoms with van der Waals surface area (Å²) in [7, 11) is 0. The topological polar surface area (TPSA) is 76.7 Å². The van der Waals surface area contributed by atoms with Crippen LogP contribution in [0, 0.1) is 0 Å². The minimum atomic E-state index is 0.256. The Morgan fingerprint density at radius 3 is 2.95 bits per heavy atom. The molecule has 0 amide bonds. The molecular formula is C15H19N5. The molecule has 20 heavy (non-hydrogen) atoms.